The lowest BCUT2D eigenvalue weighted by Gasteiger charge is -2.39. The van der Waals surface area contributed by atoms with Crippen LogP contribution in [-0.4, -0.2) is 60.3 Å². The van der Waals surface area contributed by atoms with Crippen LogP contribution in [0.4, 0.5) is 0 Å². The Bertz CT molecular complexity index is 364. The number of esters is 1. The van der Waals surface area contributed by atoms with E-state index < -0.39 is 5.60 Å². The van der Waals surface area contributed by atoms with Gasteiger partial charge in [0.1, 0.15) is 0 Å². The highest BCUT2D eigenvalue weighted by Gasteiger charge is 2.38. The second-order valence-corrected chi connectivity index (χ2v) is 5.81. The lowest BCUT2D eigenvalue weighted by Crippen LogP contribution is -2.54. The van der Waals surface area contributed by atoms with Crippen LogP contribution in [-0.2, 0) is 14.3 Å². The molecule has 20 heavy (non-hydrogen) atoms. The number of rotatable bonds is 4. The standard InChI is InChI=1S/C14H24N2O4/c1-2-20-13(18)11-3-5-14(19,6-4-11)10-16-8-7-15-12(17)9-16/h11,19H,2-10H2,1H3,(H,15,17). The maximum Gasteiger partial charge on any atom is 0.308 e. The van der Waals surface area contributed by atoms with Crippen LogP contribution < -0.4 is 5.32 Å². The minimum Gasteiger partial charge on any atom is -0.466 e. The Morgan fingerprint density at radius 1 is 1.50 bits per heavy atom. The maximum absolute atomic E-state index is 11.7. The summed E-state index contributed by atoms with van der Waals surface area (Å²) in [6, 6.07) is 0. The highest BCUT2D eigenvalue weighted by molar-refractivity contribution is 5.78. The van der Waals surface area contributed by atoms with Crippen molar-refractivity contribution in [2.24, 2.45) is 5.92 Å². The number of nitrogens with zero attached hydrogens (tertiary/aromatic N) is 1. The summed E-state index contributed by atoms with van der Waals surface area (Å²) in [6.07, 6.45) is 2.51. The number of hydrogen-bond acceptors (Lipinski definition) is 5. The number of aliphatic hydroxyl groups is 1. The summed E-state index contributed by atoms with van der Waals surface area (Å²) < 4.78 is 5.03. The van der Waals surface area contributed by atoms with Crippen molar-refractivity contribution in [3.05, 3.63) is 0 Å². The number of hydrogen-bond donors (Lipinski definition) is 2. The summed E-state index contributed by atoms with van der Waals surface area (Å²) in [6.45, 7) is 4.48. The average molecular weight is 284 g/mol. The first kappa shape index (κ1) is 15.3. The molecule has 2 N–H and O–H groups in total. The van der Waals surface area contributed by atoms with Crippen molar-refractivity contribution >= 4 is 11.9 Å². The summed E-state index contributed by atoms with van der Waals surface area (Å²) in [5.74, 6) is -0.216. The molecule has 0 radical (unpaired) electrons. The van der Waals surface area contributed by atoms with E-state index in [1.54, 1.807) is 6.92 Å². The Hall–Kier alpha value is -1.14. The van der Waals surface area contributed by atoms with E-state index in [-0.39, 0.29) is 17.8 Å². The van der Waals surface area contributed by atoms with Gasteiger partial charge in [-0.3, -0.25) is 14.5 Å². The molecule has 0 aromatic rings. The van der Waals surface area contributed by atoms with Crippen molar-refractivity contribution in [2.45, 2.75) is 38.2 Å². The van der Waals surface area contributed by atoms with Gasteiger partial charge in [0.2, 0.25) is 5.91 Å². The molecule has 0 bridgehead atoms. The van der Waals surface area contributed by atoms with Gasteiger partial charge in [-0.1, -0.05) is 0 Å². The lowest BCUT2D eigenvalue weighted by atomic mass is 9.78. The van der Waals surface area contributed by atoms with Gasteiger partial charge >= 0.3 is 5.97 Å². The predicted molar refractivity (Wildman–Crippen MR) is 73.0 cm³/mol. The highest BCUT2D eigenvalue weighted by atomic mass is 16.5. The van der Waals surface area contributed by atoms with E-state index >= 15 is 0 Å². The molecule has 0 aromatic heterocycles. The molecule has 1 saturated carbocycles. The Balaban J connectivity index is 1.81. The fourth-order valence-electron chi connectivity index (χ4n) is 3.05. The smallest absolute Gasteiger partial charge is 0.308 e. The van der Waals surface area contributed by atoms with E-state index in [1.165, 1.54) is 0 Å². The third kappa shape index (κ3) is 3.93. The fraction of sp³-hybridized carbons (Fsp3) is 0.857. The van der Waals surface area contributed by atoms with Gasteiger partial charge in [0.15, 0.2) is 0 Å². The molecular weight excluding hydrogens is 260 g/mol. The van der Waals surface area contributed by atoms with Crippen LogP contribution in [0.25, 0.3) is 0 Å². The van der Waals surface area contributed by atoms with Crippen molar-refractivity contribution in [3.63, 3.8) is 0 Å². The number of piperazine rings is 1. The molecule has 1 saturated heterocycles. The maximum atomic E-state index is 11.7. The predicted octanol–water partition coefficient (Wildman–Crippen LogP) is -0.0974. The summed E-state index contributed by atoms with van der Waals surface area (Å²) >= 11 is 0. The van der Waals surface area contributed by atoms with Crippen molar-refractivity contribution in [3.8, 4) is 0 Å². The third-order valence-corrected chi connectivity index (χ3v) is 4.17. The van der Waals surface area contributed by atoms with Gasteiger partial charge in [-0.25, -0.2) is 0 Å². The molecule has 6 nitrogen and oxygen atoms in total. The van der Waals surface area contributed by atoms with Crippen LogP contribution in [0.15, 0.2) is 0 Å². The van der Waals surface area contributed by atoms with Gasteiger partial charge in [0.25, 0.3) is 0 Å². The zero-order chi connectivity index (χ0) is 14.6. The molecule has 1 amide bonds. The number of nitrogens with one attached hydrogen (secondary N) is 1. The zero-order valence-electron chi connectivity index (χ0n) is 12.1. The number of carbonyl (C=O) groups is 2. The van der Waals surface area contributed by atoms with Crippen molar-refractivity contribution in [2.75, 3.05) is 32.8 Å². The van der Waals surface area contributed by atoms with Gasteiger partial charge in [-0.2, -0.15) is 0 Å². The third-order valence-electron chi connectivity index (χ3n) is 4.17. The van der Waals surface area contributed by atoms with Crippen molar-refractivity contribution in [1.29, 1.82) is 0 Å². The monoisotopic (exact) mass is 284 g/mol. The van der Waals surface area contributed by atoms with E-state index in [0.29, 0.717) is 51.9 Å². The molecule has 2 rings (SSSR count). The highest BCUT2D eigenvalue weighted by Crippen LogP contribution is 2.33. The second-order valence-electron chi connectivity index (χ2n) is 5.81. The molecule has 2 fully saturated rings. The van der Waals surface area contributed by atoms with Gasteiger partial charge in [0.05, 0.1) is 24.7 Å². The minimum absolute atomic E-state index is 0.0139. The first-order valence-corrected chi connectivity index (χ1v) is 7.40. The van der Waals surface area contributed by atoms with Crippen LogP contribution in [0, 0.1) is 5.92 Å². The van der Waals surface area contributed by atoms with Crippen LogP contribution in [0.1, 0.15) is 32.6 Å². The molecule has 0 atom stereocenters. The number of amides is 1. The number of β-amino-alcohol motifs (C(OH)–C–C–N with tert-alkyl or cyclic N) is 1. The summed E-state index contributed by atoms with van der Waals surface area (Å²) in [5.41, 5.74) is -0.777. The van der Waals surface area contributed by atoms with E-state index in [1.807, 2.05) is 4.90 Å². The zero-order valence-corrected chi connectivity index (χ0v) is 12.1. The van der Waals surface area contributed by atoms with Crippen LogP contribution >= 0.6 is 0 Å². The normalized spacial score (nSPS) is 31.7. The molecule has 0 unspecified atom stereocenters. The fourth-order valence-corrected chi connectivity index (χ4v) is 3.05. The van der Waals surface area contributed by atoms with Gasteiger partial charge in [-0.15, -0.1) is 0 Å². The topological polar surface area (TPSA) is 78.9 Å². The lowest BCUT2D eigenvalue weighted by molar-refractivity contribution is -0.151. The number of carbonyl (C=O) groups excluding carboxylic acids is 2. The molecule has 1 aliphatic carbocycles. The second kappa shape index (κ2) is 6.54. The van der Waals surface area contributed by atoms with Crippen LogP contribution in [0.5, 0.6) is 0 Å². The first-order chi connectivity index (χ1) is 9.52. The van der Waals surface area contributed by atoms with E-state index in [0.717, 1.165) is 6.54 Å². The molecule has 114 valence electrons. The molecule has 6 heteroatoms. The SMILES string of the molecule is CCOC(=O)C1CCC(O)(CN2CCNC(=O)C2)CC1. The first-order valence-electron chi connectivity index (χ1n) is 7.40. The quantitative estimate of drug-likeness (QED) is 0.705. The Morgan fingerprint density at radius 3 is 2.80 bits per heavy atom. The Labute approximate surface area is 119 Å². The molecular formula is C14H24N2O4. The summed E-state index contributed by atoms with van der Waals surface area (Å²) in [7, 11) is 0. The van der Waals surface area contributed by atoms with Gasteiger partial charge in [-0.05, 0) is 32.6 Å². The summed E-state index contributed by atoms with van der Waals surface area (Å²) in [4.78, 5) is 25.0. The summed E-state index contributed by atoms with van der Waals surface area (Å²) in [5, 5.41) is 13.4. The molecule has 1 heterocycles. The minimum atomic E-state index is -0.777. The molecule has 0 spiro atoms. The number of ether oxygens (including phenoxy) is 1. The Morgan fingerprint density at radius 2 is 2.20 bits per heavy atom. The average Bonchev–Trinajstić information content (AvgIpc) is 2.39. The van der Waals surface area contributed by atoms with Crippen molar-refractivity contribution in [1.82, 2.24) is 10.2 Å². The molecule has 1 aliphatic heterocycles. The van der Waals surface area contributed by atoms with Gasteiger partial charge in [0, 0.05) is 19.6 Å². The molecule has 2 aliphatic rings. The van der Waals surface area contributed by atoms with Gasteiger partial charge < -0.3 is 15.2 Å². The van der Waals surface area contributed by atoms with Crippen molar-refractivity contribution < 1.29 is 19.4 Å². The van der Waals surface area contributed by atoms with E-state index in [9.17, 15) is 14.7 Å². The Kier molecular flexibility index (Phi) is 4.99. The molecule has 0 aromatic carbocycles. The van der Waals surface area contributed by atoms with E-state index in [4.69, 9.17) is 4.74 Å². The van der Waals surface area contributed by atoms with Crippen LogP contribution in [0.2, 0.25) is 0 Å². The largest absolute Gasteiger partial charge is 0.466 e. The van der Waals surface area contributed by atoms with Crippen LogP contribution in [0.3, 0.4) is 0 Å². The van der Waals surface area contributed by atoms with E-state index in [2.05, 4.69) is 5.32 Å².